The number of furan rings is 1. The highest BCUT2D eigenvalue weighted by atomic mass is 16.5. The standard InChI is InChI=1S/C64H44N2O2/c1-63(2)53-24-9-6-21-47(53)51-38-44(32-35-54(51)63)65(41-17-4-3-5-18-41)42-19-16-20-43(37-42)66(46-31-34-50-49-23-8-13-28-59(49)67-62(50)40-46)45-33-36-56-52(39-45)48-22-7-10-25-55(48)64(56)57-26-11-14-29-60(57)68-61-30-15-12-27-58(61)64/h3-40H,1-2H3. The van der Waals surface area contributed by atoms with E-state index in [1.54, 1.807) is 0 Å². The van der Waals surface area contributed by atoms with Crippen LogP contribution in [0.15, 0.2) is 235 Å². The molecule has 0 unspecified atom stereocenters. The molecule has 3 aliphatic rings. The van der Waals surface area contributed by atoms with Crippen molar-refractivity contribution in [3.63, 3.8) is 0 Å². The molecule has 10 aromatic carbocycles. The summed E-state index contributed by atoms with van der Waals surface area (Å²) >= 11 is 0. The fourth-order valence-corrected chi connectivity index (χ4v) is 11.9. The Morgan fingerprint density at radius 3 is 1.49 bits per heavy atom. The van der Waals surface area contributed by atoms with E-state index in [9.17, 15) is 0 Å². The number of hydrogen-bond donors (Lipinski definition) is 0. The largest absolute Gasteiger partial charge is 0.457 e. The zero-order valence-corrected chi connectivity index (χ0v) is 37.7. The highest BCUT2D eigenvalue weighted by Crippen LogP contribution is 2.63. The Bertz CT molecular complexity index is 3800. The lowest BCUT2D eigenvalue weighted by Gasteiger charge is -2.39. The Labute approximate surface area is 395 Å². The lowest BCUT2D eigenvalue weighted by molar-refractivity contribution is 0.436. The van der Waals surface area contributed by atoms with Gasteiger partial charge in [0, 0.05) is 67.5 Å². The molecule has 0 radical (unpaired) electrons. The highest BCUT2D eigenvalue weighted by molar-refractivity contribution is 6.06. The number of nitrogens with zero attached hydrogens (tertiary/aromatic N) is 2. The second kappa shape index (κ2) is 14.4. The molecule has 2 heterocycles. The van der Waals surface area contributed by atoms with Crippen molar-refractivity contribution in [3.05, 3.63) is 264 Å². The lowest BCUT2D eigenvalue weighted by atomic mass is 9.66. The fourth-order valence-electron chi connectivity index (χ4n) is 11.9. The van der Waals surface area contributed by atoms with Crippen LogP contribution in [0.4, 0.5) is 34.1 Å². The molecule has 0 saturated heterocycles. The molecule has 0 fully saturated rings. The Kier molecular flexibility index (Phi) is 8.21. The van der Waals surface area contributed by atoms with Crippen molar-refractivity contribution >= 4 is 56.1 Å². The fraction of sp³-hybridized carbons (Fsp3) is 0.0625. The summed E-state index contributed by atoms with van der Waals surface area (Å²) in [6.07, 6.45) is 0. The van der Waals surface area contributed by atoms with Gasteiger partial charge in [-0.25, -0.2) is 0 Å². The maximum absolute atomic E-state index is 6.65. The second-order valence-electron chi connectivity index (χ2n) is 18.8. The second-order valence-corrected chi connectivity index (χ2v) is 18.8. The van der Waals surface area contributed by atoms with Crippen molar-refractivity contribution in [2.75, 3.05) is 9.80 Å². The van der Waals surface area contributed by atoms with Gasteiger partial charge in [-0.2, -0.15) is 0 Å². The first kappa shape index (κ1) is 38.6. The number of para-hydroxylation sites is 4. The number of hydrogen-bond acceptors (Lipinski definition) is 4. The highest BCUT2D eigenvalue weighted by Gasteiger charge is 2.51. The molecule has 4 heteroatoms. The van der Waals surface area contributed by atoms with Gasteiger partial charge >= 0.3 is 0 Å². The first-order valence-corrected chi connectivity index (χ1v) is 23.5. The maximum Gasteiger partial charge on any atom is 0.137 e. The number of anilines is 6. The van der Waals surface area contributed by atoms with E-state index >= 15 is 0 Å². The van der Waals surface area contributed by atoms with Crippen LogP contribution in [0.2, 0.25) is 0 Å². The number of ether oxygens (including phenoxy) is 1. The smallest absolute Gasteiger partial charge is 0.137 e. The molecule has 4 nitrogen and oxygen atoms in total. The van der Waals surface area contributed by atoms with Crippen LogP contribution in [0.5, 0.6) is 11.5 Å². The van der Waals surface area contributed by atoms with E-state index in [0.29, 0.717) is 0 Å². The molecule has 11 aromatic rings. The first-order chi connectivity index (χ1) is 33.5. The number of fused-ring (bicyclic) bond motifs is 15. The Hall–Kier alpha value is -8.60. The molecule has 2 aliphatic carbocycles. The van der Waals surface area contributed by atoms with Gasteiger partial charge in [-0.15, -0.1) is 0 Å². The normalized spacial score (nSPS) is 14.1. The van der Waals surface area contributed by atoms with Crippen molar-refractivity contribution < 1.29 is 9.15 Å². The third-order valence-electron chi connectivity index (χ3n) is 14.9. The summed E-state index contributed by atoms with van der Waals surface area (Å²) in [4.78, 5) is 4.78. The molecule has 0 N–H and O–H groups in total. The van der Waals surface area contributed by atoms with Crippen LogP contribution in [-0.2, 0) is 10.8 Å². The summed E-state index contributed by atoms with van der Waals surface area (Å²) in [6.45, 7) is 4.68. The quantitative estimate of drug-likeness (QED) is 0.166. The monoisotopic (exact) mass is 872 g/mol. The molecule has 0 saturated carbocycles. The maximum atomic E-state index is 6.65. The summed E-state index contributed by atoms with van der Waals surface area (Å²) in [5.74, 6) is 1.77. The predicted molar refractivity (Wildman–Crippen MR) is 278 cm³/mol. The molecule has 322 valence electrons. The van der Waals surface area contributed by atoms with Gasteiger partial charge in [-0.1, -0.05) is 153 Å². The molecule has 68 heavy (non-hydrogen) atoms. The van der Waals surface area contributed by atoms with E-state index in [1.807, 2.05) is 12.1 Å². The van der Waals surface area contributed by atoms with Gasteiger partial charge in [0.25, 0.3) is 0 Å². The van der Waals surface area contributed by atoms with E-state index in [4.69, 9.17) is 9.15 Å². The Morgan fingerprint density at radius 2 is 0.765 bits per heavy atom. The molecule has 14 rings (SSSR count). The SMILES string of the molecule is CC1(C)c2ccccc2-c2cc(N(c3ccccc3)c3cccc(N(c4ccc5c(c4)-c4ccccc4C54c5ccccc5Oc5ccccc54)c4ccc5c(c4)oc4ccccc45)c3)ccc21. The zero-order valence-electron chi connectivity index (χ0n) is 37.7. The average Bonchev–Trinajstić information content (AvgIpc) is 3.98. The van der Waals surface area contributed by atoms with Crippen molar-refractivity contribution in [2.45, 2.75) is 24.7 Å². The van der Waals surface area contributed by atoms with Crippen LogP contribution in [0.3, 0.4) is 0 Å². The van der Waals surface area contributed by atoms with Gasteiger partial charge in [-0.3, -0.25) is 0 Å². The summed E-state index contributed by atoms with van der Waals surface area (Å²) in [5, 5.41) is 2.20. The molecular weight excluding hydrogens is 829 g/mol. The van der Waals surface area contributed by atoms with Gasteiger partial charge in [0.15, 0.2) is 0 Å². The van der Waals surface area contributed by atoms with Crippen molar-refractivity contribution in [2.24, 2.45) is 0 Å². The van der Waals surface area contributed by atoms with Crippen LogP contribution in [0.1, 0.15) is 47.2 Å². The van der Waals surface area contributed by atoms with Crippen molar-refractivity contribution in [1.82, 2.24) is 0 Å². The van der Waals surface area contributed by atoms with E-state index in [1.165, 1.54) is 44.5 Å². The minimum absolute atomic E-state index is 0.0864. The van der Waals surface area contributed by atoms with Gasteiger partial charge in [0.2, 0.25) is 0 Å². The van der Waals surface area contributed by atoms with E-state index in [0.717, 1.165) is 78.7 Å². The Balaban J connectivity index is 0.980. The molecule has 1 spiro atoms. The van der Waals surface area contributed by atoms with Crippen LogP contribution in [-0.4, -0.2) is 0 Å². The average molecular weight is 873 g/mol. The number of rotatable bonds is 6. The molecule has 0 atom stereocenters. The van der Waals surface area contributed by atoms with Gasteiger partial charge < -0.3 is 19.0 Å². The third-order valence-corrected chi connectivity index (χ3v) is 14.9. The molecule has 1 aromatic heterocycles. The summed E-state index contributed by atoms with van der Waals surface area (Å²) < 4.78 is 13.2. The summed E-state index contributed by atoms with van der Waals surface area (Å²) in [7, 11) is 0. The minimum atomic E-state index is -0.560. The molecule has 0 amide bonds. The third kappa shape index (κ3) is 5.43. The van der Waals surface area contributed by atoms with E-state index in [2.05, 4.69) is 242 Å². The zero-order chi connectivity index (χ0) is 45.1. The molecule has 0 bridgehead atoms. The summed E-state index contributed by atoms with van der Waals surface area (Å²) in [6, 6.07) is 83.6. The molecule has 1 aliphatic heterocycles. The van der Waals surface area contributed by atoms with Gasteiger partial charge in [0.1, 0.15) is 22.7 Å². The van der Waals surface area contributed by atoms with Crippen LogP contribution in [0, 0.1) is 0 Å². The lowest BCUT2D eigenvalue weighted by Crippen LogP contribution is -2.32. The minimum Gasteiger partial charge on any atom is -0.457 e. The molecular formula is C64H44N2O2. The van der Waals surface area contributed by atoms with Gasteiger partial charge in [-0.05, 0) is 129 Å². The van der Waals surface area contributed by atoms with Gasteiger partial charge in [0.05, 0.1) is 5.41 Å². The van der Waals surface area contributed by atoms with Crippen LogP contribution in [0.25, 0.3) is 44.2 Å². The van der Waals surface area contributed by atoms with Crippen molar-refractivity contribution in [1.29, 1.82) is 0 Å². The number of benzene rings is 10. The van der Waals surface area contributed by atoms with E-state index in [-0.39, 0.29) is 5.41 Å². The topological polar surface area (TPSA) is 28.9 Å². The summed E-state index contributed by atoms with van der Waals surface area (Å²) in [5.41, 5.74) is 19.9. The van der Waals surface area contributed by atoms with E-state index < -0.39 is 5.41 Å². The van der Waals surface area contributed by atoms with Crippen LogP contribution >= 0.6 is 0 Å². The first-order valence-electron chi connectivity index (χ1n) is 23.5. The van der Waals surface area contributed by atoms with Crippen LogP contribution < -0.4 is 14.5 Å². The Morgan fingerprint density at radius 1 is 0.309 bits per heavy atom. The van der Waals surface area contributed by atoms with Crippen molar-refractivity contribution in [3.8, 4) is 33.8 Å². The predicted octanol–water partition coefficient (Wildman–Crippen LogP) is 17.3.